The lowest BCUT2D eigenvalue weighted by Gasteiger charge is -2.29. The van der Waals surface area contributed by atoms with Crippen LogP contribution < -0.4 is 11.1 Å². The van der Waals surface area contributed by atoms with Crippen LogP contribution in [0.5, 0.6) is 0 Å². The third-order valence-corrected chi connectivity index (χ3v) is 6.02. The number of halogens is 2. The van der Waals surface area contributed by atoms with Crippen molar-refractivity contribution in [3.63, 3.8) is 0 Å². The number of hydrogen-bond donors (Lipinski definition) is 2. The number of rotatable bonds is 6. The number of nitrogens with one attached hydrogen (secondary N) is 1. The molecule has 20 heavy (non-hydrogen) atoms. The zero-order chi connectivity index (χ0) is 15.3. The topological polar surface area (TPSA) is 55.1 Å². The van der Waals surface area contributed by atoms with Crippen LogP contribution in [0.4, 0.5) is 5.69 Å². The van der Waals surface area contributed by atoms with E-state index in [9.17, 15) is 4.79 Å². The van der Waals surface area contributed by atoms with E-state index in [2.05, 4.69) is 25.4 Å². The van der Waals surface area contributed by atoms with Crippen molar-refractivity contribution in [2.24, 2.45) is 0 Å². The lowest BCUT2D eigenvalue weighted by Crippen LogP contribution is -2.39. The first-order valence-electron chi connectivity index (χ1n) is 6.47. The molecule has 0 aliphatic carbocycles. The van der Waals surface area contributed by atoms with E-state index in [-0.39, 0.29) is 15.7 Å². The van der Waals surface area contributed by atoms with E-state index in [0.717, 1.165) is 12.8 Å². The van der Waals surface area contributed by atoms with Crippen molar-refractivity contribution in [3.8, 4) is 0 Å². The summed E-state index contributed by atoms with van der Waals surface area (Å²) in [5.74, 6) is -0.185. The number of benzene rings is 1. The fourth-order valence-corrected chi connectivity index (χ4v) is 3.08. The molecule has 0 atom stereocenters. The summed E-state index contributed by atoms with van der Waals surface area (Å²) in [6, 6.07) is 3.08. The van der Waals surface area contributed by atoms with Crippen LogP contribution in [0.25, 0.3) is 0 Å². The Morgan fingerprint density at radius 1 is 1.35 bits per heavy atom. The first-order valence-corrected chi connectivity index (χ1v) is 8.45. The van der Waals surface area contributed by atoms with Gasteiger partial charge in [-0.25, -0.2) is 0 Å². The summed E-state index contributed by atoms with van der Waals surface area (Å²) in [5.41, 5.74) is 6.46. The number of amides is 1. The number of anilines is 1. The Bertz CT molecular complexity index is 459. The van der Waals surface area contributed by atoms with Crippen molar-refractivity contribution < 1.29 is 4.79 Å². The summed E-state index contributed by atoms with van der Waals surface area (Å²) in [4.78, 5) is 12.2. The molecule has 0 aromatic heterocycles. The predicted octanol–water partition coefficient (Wildman–Crippen LogP) is 4.23. The normalized spacial score (nSPS) is 11.4. The first-order chi connectivity index (χ1) is 9.39. The van der Waals surface area contributed by atoms with Gasteiger partial charge in [-0.3, -0.25) is 4.79 Å². The van der Waals surface area contributed by atoms with Crippen LogP contribution in [-0.2, 0) is 0 Å². The monoisotopic (exact) mass is 334 g/mol. The van der Waals surface area contributed by atoms with Crippen molar-refractivity contribution in [1.82, 2.24) is 5.32 Å². The van der Waals surface area contributed by atoms with Crippen LogP contribution in [0.3, 0.4) is 0 Å². The molecule has 0 spiro atoms. The van der Waals surface area contributed by atoms with Crippen LogP contribution in [-0.4, -0.2) is 23.5 Å². The van der Waals surface area contributed by atoms with Gasteiger partial charge in [0.1, 0.15) is 0 Å². The van der Waals surface area contributed by atoms with Crippen molar-refractivity contribution in [2.45, 2.75) is 31.4 Å². The van der Waals surface area contributed by atoms with E-state index in [1.165, 1.54) is 6.07 Å². The van der Waals surface area contributed by atoms with Crippen LogP contribution in [0.15, 0.2) is 12.1 Å². The van der Waals surface area contributed by atoms with Gasteiger partial charge in [0, 0.05) is 16.9 Å². The fraction of sp³-hybridized carbons (Fsp3) is 0.500. The highest BCUT2D eigenvalue weighted by Crippen LogP contribution is 2.31. The molecule has 6 heteroatoms. The van der Waals surface area contributed by atoms with Gasteiger partial charge < -0.3 is 11.1 Å². The number of nitrogen functional groups attached to an aromatic ring is 1. The second kappa shape index (κ2) is 7.43. The molecule has 1 amide bonds. The van der Waals surface area contributed by atoms with E-state index in [0.29, 0.717) is 22.8 Å². The molecule has 3 nitrogen and oxygen atoms in total. The average Bonchev–Trinajstić information content (AvgIpc) is 2.46. The van der Waals surface area contributed by atoms with Crippen LogP contribution in [0, 0.1) is 0 Å². The van der Waals surface area contributed by atoms with Gasteiger partial charge in [0.05, 0.1) is 15.7 Å². The molecule has 0 heterocycles. The molecule has 0 fully saturated rings. The molecule has 0 bridgehead atoms. The van der Waals surface area contributed by atoms with Crippen LogP contribution in [0.2, 0.25) is 10.0 Å². The summed E-state index contributed by atoms with van der Waals surface area (Å²) >= 11 is 13.6. The van der Waals surface area contributed by atoms with E-state index < -0.39 is 0 Å². The zero-order valence-electron chi connectivity index (χ0n) is 11.9. The minimum Gasteiger partial charge on any atom is -0.397 e. The highest BCUT2D eigenvalue weighted by molar-refractivity contribution is 8.00. The molecule has 3 N–H and O–H groups in total. The Labute approximate surface area is 134 Å². The Morgan fingerprint density at radius 3 is 2.40 bits per heavy atom. The summed E-state index contributed by atoms with van der Waals surface area (Å²) in [6.45, 7) is 4.87. The standard InChI is InChI=1S/C14H20Cl2N2OS/c1-4-14(5-2,20-3)8-18-13(19)9-6-10(15)12(16)11(17)7-9/h6-7H,4-5,8,17H2,1-3H3,(H,18,19). The summed E-state index contributed by atoms with van der Waals surface area (Å²) in [7, 11) is 0. The van der Waals surface area contributed by atoms with Gasteiger partial charge in [0.2, 0.25) is 0 Å². The van der Waals surface area contributed by atoms with Gasteiger partial charge in [0.25, 0.3) is 5.91 Å². The maximum atomic E-state index is 12.2. The minimum absolute atomic E-state index is 0.0669. The molecule has 0 saturated carbocycles. The Kier molecular flexibility index (Phi) is 6.49. The maximum absolute atomic E-state index is 12.2. The first kappa shape index (κ1) is 17.5. The maximum Gasteiger partial charge on any atom is 0.251 e. The van der Waals surface area contributed by atoms with Crippen molar-refractivity contribution >= 4 is 46.6 Å². The quantitative estimate of drug-likeness (QED) is 0.765. The summed E-state index contributed by atoms with van der Waals surface area (Å²) in [6.07, 6.45) is 4.05. The Hall–Kier alpha value is -0.580. The molecule has 1 aromatic rings. The number of thioether (sulfide) groups is 1. The van der Waals surface area contributed by atoms with Gasteiger partial charge in [0.15, 0.2) is 0 Å². The highest BCUT2D eigenvalue weighted by Gasteiger charge is 2.25. The number of hydrogen-bond acceptors (Lipinski definition) is 3. The average molecular weight is 335 g/mol. The van der Waals surface area contributed by atoms with E-state index in [1.807, 2.05) is 0 Å². The third kappa shape index (κ3) is 3.96. The lowest BCUT2D eigenvalue weighted by atomic mass is 10.0. The molecular weight excluding hydrogens is 315 g/mol. The molecule has 0 saturated heterocycles. The second-order valence-electron chi connectivity index (χ2n) is 4.64. The van der Waals surface area contributed by atoms with Gasteiger partial charge in [-0.15, -0.1) is 0 Å². The summed E-state index contributed by atoms with van der Waals surface area (Å²) < 4.78 is 0.0669. The smallest absolute Gasteiger partial charge is 0.251 e. The molecule has 0 unspecified atom stereocenters. The van der Waals surface area contributed by atoms with Crippen LogP contribution >= 0.6 is 35.0 Å². The molecule has 112 valence electrons. The minimum atomic E-state index is -0.185. The van der Waals surface area contributed by atoms with Gasteiger partial charge in [-0.05, 0) is 31.2 Å². The Morgan fingerprint density at radius 2 is 1.95 bits per heavy atom. The van der Waals surface area contributed by atoms with E-state index in [4.69, 9.17) is 28.9 Å². The largest absolute Gasteiger partial charge is 0.397 e. The molecule has 1 rings (SSSR count). The third-order valence-electron chi connectivity index (χ3n) is 3.61. The molecule has 0 aliphatic rings. The predicted molar refractivity (Wildman–Crippen MR) is 90.0 cm³/mol. The SMILES string of the molecule is CCC(CC)(CNC(=O)c1cc(N)c(Cl)c(Cl)c1)SC. The molecular formula is C14H20Cl2N2OS. The summed E-state index contributed by atoms with van der Waals surface area (Å²) in [5, 5.41) is 3.52. The van der Waals surface area contributed by atoms with Crippen molar-refractivity contribution in [3.05, 3.63) is 27.7 Å². The van der Waals surface area contributed by atoms with Gasteiger partial charge >= 0.3 is 0 Å². The van der Waals surface area contributed by atoms with E-state index >= 15 is 0 Å². The number of carbonyl (C=O) groups excluding carboxylic acids is 1. The van der Waals surface area contributed by atoms with Gasteiger partial charge in [-0.1, -0.05) is 37.0 Å². The molecule has 0 radical (unpaired) electrons. The highest BCUT2D eigenvalue weighted by atomic mass is 35.5. The molecule has 1 aromatic carbocycles. The number of nitrogens with two attached hydrogens (primary N) is 1. The second-order valence-corrected chi connectivity index (χ2v) is 6.70. The van der Waals surface area contributed by atoms with Gasteiger partial charge in [-0.2, -0.15) is 11.8 Å². The van der Waals surface area contributed by atoms with Crippen molar-refractivity contribution in [2.75, 3.05) is 18.5 Å². The molecule has 0 aliphatic heterocycles. The fourth-order valence-electron chi connectivity index (χ4n) is 1.95. The lowest BCUT2D eigenvalue weighted by molar-refractivity contribution is 0.0949. The zero-order valence-corrected chi connectivity index (χ0v) is 14.3. The van der Waals surface area contributed by atoms with E-state index in [1.54, 1.807) is 17.8 Å². The Balaban J connectivity index is 2.82. The van der Waals surface area contributed by atoms with Crippen molar-refractivity contribution in [1.29, 1.82) is 0 Å². The number of carbonyl (C=O) groups is 1. The van der Waals surface area contributed by atoms with Crippen LogP contribution in [0.1, 0.15) is 37.0 Å².